The highest BCUT2D eigenvalue weighted by molar-refractivity contribution is 9.10. The molecule has 2 aromatic rings. The lowest BCUT2D eigenvalue weighted by Crippen LogP contribution is -2.30. The Labute approximate surface area is 149 Å². The molecule has 1 aliphatic heterocycles. The minimum Gasteiger partial charge on any atom is -0.496 e. The first-order valence-corrected chi connectivity index (χ1v) is 10.3. The van der Waals surface area contributed by atoms with Crippen molar-refractivity contribution in [3.63, 3.8) is 0 Å². The summed E-state index contributed by atoms with van der Waals surface area (Å²) in [6.45, 7) is 0.488. The third-order valence-electron chi connectivity index (χ3n) is 3.66. The Morgan fingerprint density at radius 3 is 2.65 bits per heavy atom. The average Bonchev–Trinajstić information content (AvgIpc) is 3.06. The Bertz CT molecular complexity index is 796. The van der Waals surface area contributed by atoms with E-state index in [-0.39, 0.29) is 5.37 Å². The summed E-state index contributed by atoms with van der Waals surface area (Å²) >= 11 is 5.06. The number of thioether (sulfide) groups is 1. The fraction of sp³-hybridized carbons (Fsp3) is 0.250. The molecule has 4 nitrogen and oxygen atoms in total. The van der Waals surface area contributed by atoms with E-state index in [0.717, 1.165) is 15.8 Å². The molecule has 0 spiro atoms. The van der Waals surface area contributed by atoms with Gasteiger partial charge in [0.2, 0.25) is 10.0 Å². The molecule has 0 unspecified atom stereocenters. The van der Waals surface area contributed by atoms with Crippen LogP contribution >= 0.6 is 27.7 Å². The standard InChI is InChI=1S/C16H16BrNO3S2/c1-21-15-8-7-12(17)11-14(15)16-18(9-10-22-16)23(19,20)13-5-3-2-4-6-13/h2-8,11,16H,9-10H2,1H3/t16-/m1/s1. The summed E-state index contributed by atoms with van der Waals surface area (Å²) in [6, 6.07) is 14.2. The van der Waals surface area contributed by atoms with Crippen LogP contribution in [0.5, 0.6) is 5.75 Å². The van der Waals surface area contributed by atoms with E-state index >= 15 is 0 Å². The zero-order chi connectivity index (χ0) is 16.4. The minimum atomic E-state index is -3.53. The molecule has 0 radical (unpaired) electrons. The zero-order valence-corrected chi connectivity index (χ0v) is 15.7. The zero-order valence-electron chi connectivity index (χ0n) is 12.5. The Kier molecular flexibility index (Phi) is 5.01. The molecule has 0 aromatic heterocycles. The lowest BCUT2D eigenvalue weighted by molar-refractivity contribution is 0.390. The van der Waals surface area contributed by atoms with Crippen LogP contribution in [0.25, 0.3) is 0 Å². The number of ether oxygens (including phenoxy) is 1. The third-order valence-corrected chi connectivity index (χ3v) is 7.40. The van der Waals surface area contributed by atoms with Crippen LogP contribution in [-0.4, -0.2) is 32.1 Å². The first-order chi connectivity index (χ1) is 11.0. The Hall–Kier alpha value is -1.02. The highest BCUT2D eigenvalue weighted by Gasteiger charge is 2.38. The van der Waals surface area contributed by atoms with Gasteiger partial charge in [-0.2, -0.15) is 4.31 Å². The van der Waals surface area contributed by atoms with Crippen molar-refractivity contribution in [1.82, 2.24) is 4.31 Å². The third kappa shape index (κ3) is 3.28. The van der Waals surface area contributed by atoms with Gasteiger partial charge in [-0.25, -0.2) is 8.42 Å². The first-order valence-electron chi connectivity index (χ1n) is 7.06. The van der Waals surface area contributed by atoms with Crippen molar-refractivity contribution in [2.45, 2.75) is 10.3 Å². The van der Waals surface area contributed by atoms with Gasteiger partial charge in [0.25, 0.3) is 0 Å². The van der Waals surface area contributed by atoms with Crippen molar-refractivity contribution in [2.75, 3.05) is 19.4 Å². The topological polar surface area (TPSA) is 46.6 Å². The smallest absolute Gasteiger partial charge is 0.244 e. The van der Waals surface area contributed by atoms with Gasteiger partial charge in [0.05, 0.1) is 17.4 Å². The van der Waals surface area contributed by atoms with Crippen molar-refractivity contribution < 1.29 is 13.2 Å². The van der Waals surface area contributed by atoms with Gasteiger partial charge in [-0.3, -0.25) is 0 Å². The predicted molar refractivity (Wildman–Crippen MR) is 96.2 cm³/mol. The lowest BCUT2D eigenvalue weighted by atomic mass is 10.2. The summed E-state index contributed by atoms with van der Waals surface area (Å²) in [5, 5.41) is -0.285. The molecule has 0 aliphatic carbocycles. The molecule has 1 fully saturated rings. The summed E-state index contributed by atoms with van der Waals surface area (Å²) in [6.07, 6.45) is 0. The van der Waals surface area contributed by atoms with E-state index < -0.39 is 10.0 Å². The molecule has 1 saturated heterocycles. The summed E-state index contributed by atoms with van der Waals surface area (Å²) in [5.74, 6) is 1.45. The summed E-state index contributed by atoms with van der Waals surface area (Å²) in [5.41, 5.74) is 0.865. The quantitative estimate of drug-likeness (QED) is 0.762. The largest absolute Gasteiger partial charge is 0.496 e. The van der Waals surface area contributed by atoms with Gasteiger partial charge in [0.1, 0.15) is 5.75 Å². The van der Waals surface area contributed by atoms with E-state index in [1.54, 1.807) is 47.4 Å². The molecule has 0 bridgehead atoms. The second-order valence-corrected chi connectivity index (χ2v) is 9.03. The average molecular weight is 414 g/mol. The predicted octanol–water partition coefficient (Wildman–Crippen LogP) is 3.89. The van der Waals surface area contributed by atoms with Crippen LogP contribution in [0.3, 0.4) is 0 Å². The van der Waals surface area contributed by atoms with Crippen molar-refractivity contribution in [3.8, 4) is 5.75 Å². The summed E-state index contributed by atoms with van der Waals surface area (Å²) in [4.78, 5) is 0.321. The molecule has 1 aliphatic rings. The van der Waals surface area contributed by atoms with E-state index in [1.165, 1.54) is 0 Å². The maximum Gasteiger partial charge on any atom is 0.244 e. The van der Waals surface area contributed by atoms with Crippen LogP contribution in [0.1, 0.15) is 10.9 Å². The summed E-state index contributed by atoms with van der Waals surface area (Å²) < 4.78 is 33.8. The fourth-order valence-corrected chi connectivity index (χ4v) is 6.22. The van der Waals surface area contributed by atoms with Crippen molar-refractivity contribution >= 4 is 37.7 Å². The van der Waals surface area contributed by atoms with Crippen LogP contribution in [-0.2, 0) is 10.0 Å². The van der Waals surface area contributed by atoms with E-state index in [0.29, 0.717) is 17.2 Å². The molecule has 0 saturated carbocycles. The molecular weight excluding hydrogens is 398 g/mol. The van der Waals surface area contributed by atoms with Crippen LogP contribution in [0, 0.1) is 0 Å². The molecule has 1 heterocycles. The van der Waals surface area contributed by atoms with Crippen molar-refractivity contribution in [1.29, 1.82) is 0 Å². The number of nitrogens with zero attached hydrogens (tertiary/aromatic N) is 1. The van der Waals surface area contributed by atoms with E-state index in [2.05, 4.69) is 15.9 Å². The highest BCUT2D eigenvalue weighted by atomic mass is 79.9. The molecule has 3 rings (SSSR count). The van der Waals surface area contributed by atoms with Crippen molar-refractivity contribution in [2.24, 2.45) is 0 Å². The molecular formula is C16H16BrNO3S2. The highest BCUT2D eigenvalue weighted by Crippen LogP contribution is 2.45. The second kappa shape index (κ2) is 6.84. The molecule has 7 heteroatoms. The molecule has 2 aromatic carbocycles. The Morgan fingerprint density at radius 2 is 1.96 bits per heavy atom. The van der Waals surface area contributed by atoms with Gasteiger partial charge in [-0.15, -0.1) is 11.8 Å². The Balaban J connectivity index is 2.03. The van der Waals surface area contributed by atoms with Crippen LogP contribution in [0.15, 0.2) is 57.9 Å². The second-order valence-electron chi connectivity index (χ2n) is 5.04. The molecule has 122 valence electrons. The van der Waals surface area contributed by atoms with Gasteiger partial charge in [0, 0.05) is 22.3 Å². The van der Waals surface area contributed by atoms with Crippen LogP contribution in [0.2, 0.25) is 0 Å². The minimum absolute atomic E-state index is 0.285. The van der Waals surface area contributed by atoms with Gasteiger partial charge >= 0.3 is 0 Å². The maximum absolute atomic E-state index is 13.0. The normalized spacial score (nSPS) is 19.0. The number of benzene rings is 2. The van der Waals surface area contributed by atoms with E-state index in [9.17, 15) is 8.42 Å². The fourth-order valence-electron chi connectivity index (χ4n) is 2.57. The molecule has 0 N–H and O–H groups in total. The SMILES string of the molecule is COc1ccc(Br)cc1[C@H]1SCCN1S(=O)(=O)c1ccccc1. The molecule has 1 atom stereocenters. The Morgan fingerprint density at radius 1 is 1.22 bits per heavy atom. The number of hydrogen-bond donors (Lipinski definition) is 0. The van der Waals surface area contributed by atoms with E-state index in [4.69, 9.17) is 4.74 Å². The summed E-state index contributed by atoms with van der Waals surface area (Å²) in [7, 11) is -1.93. The first kappa shape index (κ1) is 16.8. The van der Waals surface area contributed by atoms with E-state index in [1.807, 2.05) is 24.3 Å². The van der Waals surface area contributed by atoms with Gasteiger partial charge in [-0.05, 0) is 30.3 Å². The van der Waals surface area contributed by atoms with Gasteiger partial charge in [0.15, 0.2) is 0 Å². The lowest BCUT2D eigenvalue weighted by Gasteiger charge is -2.25. The number of halogens is 1. The number of methoxy groups -OCH3 is 1. The molecule has 0 amide bonds. The maximum atomic E-state index is 13.0. The molecule has 23 heavy (non-hydrogen) atoms. The van der Waals surface area contributed by atoms with Gasteiger partial charge < -0.3 is 4.74 Å². The monoisotopic (exact) mass is 413 g/mol. The number of rotatable bonds is 4. The van der Waals surface area contributed by atoms with Gasteiger partial charge in [-0.1, -0.05) is 34.1 Å². The number of hydrogen-bond acceptors (Lipinski definition) is 4. The van der Waals surface area contributed by atoms with Crippen molar-refractivity contribution in [3.05, 3.63) is 58.6 Å². The number of sulfonamides is 1. The van der Waals surface area contributed by atoms with Crippen LogP contribution < -0.4 is 4.74 Å². The van der Waals surface area contributed by atoms with Crippen LogP contribution in [0.4, 0.5) is 0 Å².